The minimum atomic E-state index is -0.611. The Hall–Kier alpha value is -3.22. The molecule has 0 spiro atoms. The van der Waals surface area contributed by atoms with Gasteiger partial charge in [0.15, 0.2) is 11.5 Å². The van der Waals surface area contributed by atoms with Gasteiger partial charge in [-0.25, -0.2) is 5.43 Å². The zero-order chi connectivity index (χ0) is 16.8. The molecule has 2 aromatic rings. The highest BCUT2D eigenvalue weighted by atomic mass is 16.5. The van der Waals surface area contributed by atoms with E-state index in [4.69, 9.17) is 9.47 Å². The summed E-state index contributed by atoms with van der Waals surface area (Å²) >= 11 is 0. The van der Waals surface area contributed by atoms with Crippen molar-refractivity contribution in [1.82, 2.24) is 5.43 Å². The van der Waals surface area contributed by atoms with Crippen LogP contribution in [0.1, 0.15) is 15.9 Å². The summed E-state index contributed by atoms with van der Waals surface area (Å²) < 4.78 is 10.4. The van der Waals surface area contributed by atoms with Crippen molar-refractivity contribution in [2.75, 3.05) is 14.2 Å². The van der Waals surface area contributed by atoms with E-state index in [0.717, 1.165) is 6.07 Å². The molecule has 0 unspecified atom stereocenters. The monoisotopic (exact) mass is 316 g/mol. The molecule has 7 nitrogen and oxygen atoms in total. The molecule has 0 aliphatic carbocycles. The second-order valence-corrected chi connectivity index (χ2v) is 4.48. The third kappa shape index (κ3) is 3.70. The molecule has 0 fully saturated rings. The second kappa shape index (κ2) is 7.17. The van der Waals surface area contributed by atoms with Gasteiger partial charge in [0, 0.05) is 11.6 Å². The summed E-state index contributed by atoms with van der Waals surface area (Å²) in [5.74, 6) is -0.0552. The Morgan fingerprint density at radius 2 is 1.96 bits per heavy atom. The largest absolute Gasteiger partial charge is 0.508 e. The van der Waals surface area contributed by atoms with Gasteiger partial charge in [-0.2, -0.15) is 5.10 Å². The summed E-state index contributed by atoms with van der Waals surface area (Å²) in [4.78, 5) is 11.9. The Balaban J connectivity index is 2.14. The highest BCUT2D eigenvalue weighted by molar-refractivity contribution is 5.97. The van der Waals surface area contributed by atoms with Crippen LogP contribution in [0.15, 0.2) is 41.5 Å². The van der Waals surface area contributed by atoms with Gasteiger partial charge < -0.3 is 19.7 Å². The number of nitrogens with zero attached hydrogens (tertiary/aromatic N) is 1. The number of amides is 1. The van der Waals surface area contributed by atoms with E-state index in [-0.39, 0.29) is 17.1 Å². The van der Waals surface area contributed by atoms with E-state index in [1.54, 1.807) is 18.2 Å². The van der Waals surface area contributed by atoms with Gasteiger partial charge in [0.25, 0.3) is 5.91 Å². The molecule has 2 rings (SSSR count). The van der Waals surface area contributed by atoms with Gasteiger partial charge in [-0.15, -0.1) is 0 Å². The Morgan fingerprint density at radius 3 is 2.61 bits per heavy atom. The number of carbonyl (C=O) groups is 1. The molecule has 2 aromatic carbocycles. The highest BCUT2D eigenvalue weighted by Crippen LogP contribution is 2.29. The fourth-order valence-corrected chi connectivity index (χ4v) is 1.95. The van der Waals surface area contributed by atoms with Crippen molar-refractivity contribution in [3.63, 3.8) is 0 Å². The smallest absolute Gasteiger partial charge is 0.275 e. The van der Waals surface area contributed by atoms with Gasteiger partial charge in [0.1, 0.15) is 11.5 Å². The zero-order valence-corrected chi connectivity index (χ0v) is 12.6. The summed E-state index contributed by atoms with van der Waals surface area (Å²) in [6.07, 6.45) is 1.40. The maximum absolute atomic E-state index is 11.9. The first-order valence-corrected chi connectivity index (χ1v) is 6.63. The third-order valence-electron chi connectivity index (χ3n) is 3.03. The fourth-order valence-electron chi connectivity index (χ4n) is 1.95. The Kier molecular flexibility index (Phi) is 5.03. The number of hydrazone groups is 1. The Labute approximate surface area is 132 Å². The van der Waals surface area contributed by atoms with Crippen molar-refractivity contribution >= 4 is 12.1 Å². The van der Waals surface area contributed by atoms with E-state index in [9.17, 15) is 15.0 Å². The van der Waals surface area contributed by atoms with Crippen molar-refractivity contribution in [3.8, 4) is 23.0 Å². The number of aromatic hydroxyl groups is 2. The molecule has 120 valence electrons. The Bertz CT molecular complexity index is 743. The van der Waals surface area contributed by atoms with Gasteiger partial charge in [0.2, 0.25) is 0 Å². The number of para-hydroxylation sites is 1. The molecular weight excluding hydrogens is 300 g/mol. The molecular formula is C16H16N2O5. The molecule has 23 heavy (non-hydrogen) atoms. The number of hydrogen-bond acceptors (Lipinski definition) is 6. The minimum absolute atomic E-state index is 0.00226. The molecule has 0 radical (unpaired) electrons. The van der Waals surface area contributed by atoms with Crippen LogP contribution in [0.4, 0.5) is 0 Å². The summed E-state index contributed by atoms with van der Waals surface area (Å²) in [6.45, 7) is 0. The van der Waals surface area contributed by atoms with E-state index < -0.39 is 5.91 Å². The summed E-state index contributed by atoms with van der Waals surface area (Å²) in [5, 5.41) is 22.7. The topological polar surface area (TPSA) is 100 Å². The van der Waals surface area contributed by atoms with Crippen molar-refractivity contribution in [2.24, 2.45) is 5.10 Å². The summed E-state index contributed by atoms with van der Waals surface area (Å²) in [6, 6.07) is 8.91. The van der Waals surface area contributed by atoms with Gasteiger partial charge in [-0.1, -0.05) is 6.07 Å². The van der Waals surface area contributed by atoms with Crippen LogP contribution in [0.5, 0.6) is 23.0 Å². The van der Waals surface area contributed by atoms with E-state index in [0.29, 0.717) is 17.1 Å². The maximum Gasteiger partial charge on any atom is 0.275 e. The maximum atomic E-state index is 11.9. The molecule has 3 N–H and O–H groups in total. The van der Waals surface area contributed by atoms with Crippen LogP contribution >= 0.6 is 0 Å². The zero-order valence-electron chi connectivity index (χ0n) is 12.6. The Morgan fingerprint density at radius 1 is 1.17 bits per heavy atom. The lowest BCUT2D eigenvalue weighted by Gasteiger charge is -2.09. The number of rotatable bonds is 5. The summed E-state index contributed by atoms with van der Waals surface area (Å²) in [7, 11) is 3.02. The van der Waals surface area contributed by atoms with Crippen LogP contribution < -0.4 is 14.9 Å². The minimum Gasteiger partial charge on any atom is -0.508 e. The molecule has 0 aliphatic heterocycles. The van der Waals surface area contributed by atoms with Crippen LogP contribution in [-0.4, -0.2) is 36.6 Å². The van der Waals surface area contributed by atoms with Crippen LogP contribution in [0.25, 0.3) is 0 Å². The predicted molar refractivity (Wildman–Crippen MR) is 84.4 cm³/mol. The van der Waals surface area contributed by atoms with Crippen molar-refractivity contribution in [3.05, 3.63) is 47.5 Å². The summed E-state index contributed by atoms with van der Waals surface area (Å²) in [5.41, 5.74) is 2.90. The van der Waals surface area contributed by atoms with Crippen LogP contribution in [0.3, 0.4) is 0 Å². The molecule has 0 aromatic heterocycles. The number of benzene rings is 2. The SMILES string of the molecule is COc1cccc(/C=N/NC(=O)c2ccc(O)cc2O)c1OC. The van der Waals surface area contributed by atoms with E-state index in [1.807, 2.05) is 0 Å². The first kappa shape index (κ1) is 16.2. The predicted octanol–water partition coefficient (Wildman–Crippen LogP) is 1.88. The van der Waals surface area contributed by atoms with E-state index >= 15 is 0 Å². The van der Waals surface area contributed by atoms with Gasteiger partial charge in [0.05, 0.1) is 26.0 Å². The lowest BCUT2D eigenvalue weighted by molar-refractivity contribution is 0.0952. The molecule has 0 heterocycles. The standard InChI is InChI=1S/C16H16N2O5/c1-22-14-5-3-4-10(15(14)23-2)9-17-18-16(21)12-7-6-11(19)8-13(12)20/h3-9,19-20H,1-2H3,(H,18,21)/b17-9+. The van der Waals surface area contributed by atoms with Gasteiger partial charge in [-0.05, 0) is 24.3 Å². The van der Waals surface area contributed by atoms with Crippen molar-refractivity contribution < 1.29 is 24.5 Å². The number of carbonyl (C=O) groups excluding carboxylic acids is 1. The van der Waals surface area contributed by atoms with Gasteiger partial charge >= 0.3 is 0 Å². The molecule has 0 saturated carbocycles. The number of hydrogen-bond donors (Lipinski definition) is 3. The van der Waals surface area contributed by atoms with Crippen molar-refractivity contribution in [2.45, 2.75) is 0 Å². The molecule has 0 atom stereocenters. The number of phenols is 2. The number of phenolic OH excluding ortho intramolecular Hbond substituents is 2. The molecule has 0 aliphatic rings. The second-order valence-electron chi connectivity index (χ2n) is 4.48. The third-order valence-corrected chi connectivity index (χ3v) is 3.03. The first-order valence-electron chi connectivity index (χ1n) is 6.63. The number of methoxy groups -OCH3 is 2. The average Bonchev–Trinajstić information content (AvgIpc) is 2.54. The number of ether oxygens (including phenoxy) is 2. The average molecular weight is 316 g/mol. The highest BCUT2D eigenvalue weighted by Gasteiger charge is 2.11. The quantitative estimate of drug-likeness (QED) is 0.577. The van der Waals surface area contributed by atoms with Crippen LogP contribution in [-0.2, 0) is 0 Å². The molecule has 0 bridgehead atoms. The lowest BCUT2D eigenvalue weighted by Crippen LogP contribution is -2.17. The van der Waals surface area contributed by atoms with Gasteiger partial charge in [-0.3, -0.25) is 4.79 Å². The number of nitrogens with one attached hydrogen (secondary N) is 1. The van der Waals surface area contributed by atoms with Crippen molar-refractivity contribution in [1.29, 1.82) is 0 Å². The molecule has 1 amide bonds. The lowest BCUT2D eigenvalue weighted by atomic mass is 10.2. The first-order chi connectivity index (χ1) is 11.1. The fraction of sp³-hybridized carbons (Fsp3) is 0.125. The molecule has 0 saturated heterocycles. The van der Waals surface area contributed by atoms with E-state index in [1.165, 1.54) is 32.6 Å². The van der Waals surface area contributed by atoms with Crippen LogP contribution in [0, 0.1) is 0 Å². The van der Waals surface area contributed by atoms with E-state index in [2.05, 4.69) is 10.5 Å². The molecule has 7 heteroatoms. The van der Waals surface area contributed by atoms with Crippen LogP contribution in [0.2, 0.25) is 0 Å². The normalized spacial score (nSPS) is 10.5.